The highest BCUT2D eigenvalue weighted by molar-refractivity contribution is 4.88. The lowest BCUT2D eigenvalue weighted by Gasteiger charge is -2.36. The second kappa shape index (κ2) is 5.72. The molecule has 1 rings (SSSR count). The van der Waals surface area contributed by atoms with Crippen LogP contribution in [0.3, 0.4) is 0 Å². The predicted molar refractivity (Wildman–Crippen MR) is 62.4 cm³/mol. The van der Waals surface area contributed by atoms with Crippen LogP contribution in [0.2, 0.25) is 0 Å². The molecule has 0 radical (unpaired) electrons. The Hall–Kier alpha value is -0.0800. The van der Waals surface area contributed by atoms with Gasteiger partial charge in [0.1, 0.15) is 0 Å². The van der Waals surface area contributed by atoms with Crippen LogP contribution in [0.4, 0.5) is 0 Å². The lowest BCUT2D eigenvalue weighted by atomic mass is 9.90. The zero-order valence-corrected chi connectivity index (χ0v) is 9.81. The molecule has 2 heteroatoms. The van der Waals surface area contributed by atoms with E-state index < -0.39 is 0 Å². The minimum Gasteiger partial charge on any atom is -0.329 e. The molecule has 1 saturated carbocycles. The lowest BCUT2D eigenvalue weighted by molar-refractivity contribution is 0.254. The van der Waals surface area contributed by atoms with Crippen LogP contribution in [0.1, 0.15) is 58.8 Å². The van der Waals surface area contributed by atoms with Gasteiger partial charge in [0.25, 0.3) is 0 Å². The summed E-state index contributed by atoms with van der Waals surface area (Å²) in [6.07, 6.45) is 9.31. The largest absolute Gasteiger partial charge is 0.329 e. The molecule has 0 aromatic carbocycles. The van der Waals surface area contributed by atoms with Crippen molar-refractivity contribution < 1.29 is 0 Å². The second-order valence-electron chi connectivity index (χ2n) is 4.99. The van der Waals surface area contributed by atoms with Crippen LogP contribution in [-0.2, 0) is 0 Å². The van der Waals surface area contributed by atoms with Gasteiger partial charge in [0, 0.05) is 18.1 Å². The van der Waals surface area contributed by atoms with Gasteiger partial charge in [-0.05, 0) is 26.2 Å². The molecular weight excluding hydrogens is 172 g/mol. The molecule has 1 atom stereocenters. The predicted octanol–water partition coefficient (Wildman–Crippen LogP) is 2.43. The van der Waals surface area contributed by atoms with E-state index in [1.165, 1.54) is 44.9 Å². The zero-order chi connectivity index (χ0) is 10.4. The highest BCUT2D eigenvalue weighted by atomic mass is 15.0. The van der Waals surface area contributed by atoms with Gasteiger partial charge < -0.3 is 11.1 Å². The molecule has 0 aliphatic heterocycles. The summed E-state index contributed by atoms with van der Waals surface area (Å²) in [6, 6.07) is 0.726. The van der Waals surface area contributed by atoms with Crippen LogP contribution >= 0.6 is 0 Å². The fraction of sp³-hybridized carbons (Fsp3) is 1.00. The molecule has 0 aromatic rings. The lowest BCUT2D eigenvalue weighted by Crippen LogP contribution is -2.53. The van der Waals surface area contributed by atoms with Gasteiger partial charge in [0.2, 0.25) is 0 Å². The molecule has 14 heavy (non-hydrogen) atoms. The van der Waals surface area contributed by atoms with Gasteiger partial charge in [-0.15, -0.1) is 0 Å². The van der Waals surface area contributed by atoms with Gasteiger partial charge in [-0.25, -0.2) is 0 Å². The summed E-state index contributed by atoms with van der Waals surface area (Å²) in [5.41, 5.74) is 6.03. The Morgan fingerprint density at radius 2 is 1.93 bits per heavy atom. The van der Waals surface area contributed by atoms with Crippen molar-refractivity contribution >= 4 is 0 Å². The van der Waals surface area contributed by atoms with Crippen LogP contribution in [0.5, 0.6) is 0 Å². The Kier molecular flexibility index (Phi) is 4.90. The SMILES string of the molecule is CCCC(C)(CN)NC1CCCCC1. The summed E-state index contributed by atoms with van der Waals surface area (Å²) in [7, 11) is 0. The smallest absolute Gasteiger partial charge is 0.0278 e. The zero-order valence-electron chi connectivity index (χ0n) is 9.81. The fourth-order valence-electron chi connectivity index (χ4n) is 2.52. The standard InChI is InChI=1S/C12H26N2/c1-3-9-12(2,10-13)14-11-7-5-4-6-8-11/h11,14H,3-10,13H2,1-2H3. The summed E-state index contributed by atoms with van der Waals surface area (Å²) in [4.78, 5) is 0. The number of hydrogen-bond acceptors (Lipinski definition) is 2. The van der Waals surface area contributed by atoms with Gasteiger partial charge in [-0.1, -0.05) is 32.6 Å². The molecule has 0 saturated heterocycles. The number of nitrogens with two attached hydrogens (primary N) is 1. The first-order chi connectivity index (χ1) is 6.70. The summed E-state index contributed by atoms with van der Waals surface area (Å²) in [5.74, 6) is 0. The van der Waals surface area contributed by atoms with E-state index in [4.69, 9.17) is 5.73 Å². The van der Waals surface area contributed by atoms with E-state index in [0.717, 1.165) is 12.6 Å². The molecule has 3 N–H and O–H groups in total. The summed E-state index contributed by atoms with van der Waals surface area (Å²) in [6.45, 7) is 5.26. The molecule has 1 unspecified atom stereocenters. The topological polar surface area (TPSA) is 38.0 Å². The van der Waals surface area contributed by atoms with Crippen molar-refractivity contribution in [1.82, 2.24) is 5.32 Å². The molecule has 0 heterocycles. The van der Waals surface area contributed by atoms with Crippen molar-refractivity contribution in [2.75, 3.05) is 6.54 Å². The van der Waals surface area contributed by atoms with Gasteiger partial charge in [0.15, 0.2) is 0 Å². The van der Waals surface area contributed by atoms with Crippen molar-refractivity contribution in [3.05, 3.63) is 0 Å². The molecule has 1 fully saturated rings. The Morgan fingerprint density at radius 1 is 1.29 bits per heavy atom. The molecule has 0 amide bonds. The van der Waals surface area contributed by atoms with Gasteiger partial charge in [-0.2, -0.15) is 0 Å². The van der Waals surface area contributed by atoms with Gasteiger partial charge >= 0.3 is 0 Å². The first-order valence-electron chi connectivity index (χ1n) is 6.18. The van der Waals surface area contributed by atoms with E-state index in [9.17, 15) is 0 Å². The highest BCUT2D eigenvalue weighted by Crippen LogP contribution is 2.21. The average molecular weight is 198 g/mol. The molecule has 1 aliphatic carbocycles. The Morgan fingerprint density at radius 3 is 2.43 bits per heavy atom. The Bertz CT molecular complexity index is 152. The maximum absolute atomic E-state index is 5.85. The molecule has 0 spiro atoms. The normalized spacial score (nSPS) is 23.4. The average Bonchev–Trinajstić information content (AvgIpc) is 2.20. The van der Waals surface area contributed by atoms with Crippen LogP contribution in [0, 0.1) is 0 Å². The molecular formula is C12H26N2. The van der Waals surface area contributed by atoms with Gasteiger partial charge in [-0.3, -0.25) is 0 Å². The summed E-state index contributed by atoms with van der Waals surface area (Å²) < 4.78 is 0. The summed E-state index contributed by atoms with van der Waals surface area (Å²) in [5, 5.41) is 3.76. The number of nitrogens with one attached hydrogen (secondary N) is 1. The van der Waals surface area contributed by atoms with Crippen molar-refractivity contribution in [3.63, 3.8) is 0 Å². The van der Waals surface area contributed by atoms with Crippen LogP contribution in [0.25, 0.3) is 0 Å². The minimum absolute atomic E-state index is 0.177. The van der Waals surface area contributed by atoms with Crippen molar-refractivity contribution in [2.45, 2.75) is 70.4 Å². The molecule has 0 aromatic heterocycles. The van der Waals surface area contributed by atoms with E-state index in [0.29, 0.717) is 0 Å². The third-order valence-corrected chi connectivity index (χ3v) is 3.41. The molecule has 2 nitrogen and oxygen atoms in total. The molecule has 84 valence electrons. The van der Waals surface area contributed by atoms with Crippen molar-refractivity contribution in [2.24, 2.45) is 5.73 Å². The number of rotatable bonds is 5. The van der Waals surface area contributed by atoms with Crippen LogP contribution < -0.4 is 11.1 Å². The van der Waals surface area contributed by atoms with Crippen LogP contribution in [0.15, 0.2) is 0 Å². The third kappa shape index (κ3) is 3.58. The minimum atomic E-state index is 0.177. The van der Waals surface area contributed by atoms with Crippen LogP contribution in [-0.4, -0.2) is 18.1 Å². The first-order valence-corrected chi connectivity index (χ1v) is 6.18. The highest BCUT2D eigenvalue weighted by Gasteiger charge is 2.25. The van der Waals surface area contributed by atoms with E-state index in [1.807, 2.05) is 0 Å². The Labute approximate surface area is 88.6 Å². The number of hydrogen-bond donors (Lipinski definition) is 2. The van der Waals surface area contributed by atoms with E-state index in [-0.39, 0.29) is 5.54 Å². The van der Waals surface area contributed by atoms with Crippen molar-refractivity contribution in [1.29, 1.82) is 0 Å². The maximum Gasteiger partial charge on any atom is 0.0278 e. The van der Waals surface area contributed by atoms with E-state index in [2.05, 4.69) is 19.2 Å². The van der Waals surface area contributed by atoms with Gasteiger partial charge in [0.05, 0.1) is 0 Å². The maximum atomic E-state index is 5.85. The van der Waals surface area contributed by atoms with E-state index in [1.54, 1.807) is 0 Å². The fourth-order valence-corrected chi connectivity index (χ4v) is 2.52. The quantitative estimate of drug-likeness (QED) is 0.712. The Balaban J connectivity index is 2.37. The third-order valence-electron chi connectivity index (χ3n) is 3.41. The second-order valence-corrected chi connectivity index (χ2v) is 4.99. The van der Waals surface area contributed by atoms with E-state index >= 15 is 0 Å². The first kappa shape index (κ1) is 12.0. The monoisotopic (exact) mass is 198 g/mol. The molecule has 1 aliphatic rings. The van der Waals surface area contributed by atoms with Crippen molar-refractivity contribution in [3.8, 4) is 0 Å². The summed E-state index contributed by atoms with van der Waals surface area (Å²) >= 11 is 0. The molecule has 0 bridgehead atoms.